The molecule has 3 rings (SSSR count). The summed E-state index contributed by atoms with van der Waals surface area (Å²) in [6.07, 6.45) is 4.48. The van der Waals surface area contributed by atoms with E-state index in [9.17, 15) is 12.8 Å². The van der Waals surface area contributed by atoms with Gasteiger partial charge in [0.25, 0.3) is 0 Å². The maximum Gasteiger partial charge on any atom is 0.243 e. The number of rotatable bonds is 5. The Hall–Kier alpha value is -1.83. The van der Waals surface area contributed by atoms with Gasteiger partial charge in [-0.3, -0.25) is 4.98 Å². The summed E-state index contributed by atoms with van der Waals surface area (Å²) < 4.78 is 39.6. The van der Waals surface area contributed by atoms with Crippen molar-refractivity contribution in [2.45, 2.75) is 11.3 Å². The van der Waals surface area contributed by atoms with Gasteiger partial charge in [0.05, 0.1) is 4.90 Å². The molecule has 0 atom stereocenters. The first-order chi connectivity index (χ1) is 11.6. The average Bonchev–Trinajstić information content (AvgIpc) is 2.61. The summed E-state index contributed by atoms with van der Waals surface area (Å²) in [4.78, 5) is 6.41. The normalized spacial score (nSPS) is 17.0. The number of hydrogen-bond donors (Lipinski definition) is 0. The fourth-order valence-electron chi connectivity index (χ4n) is 2.79. The number of nitrogens with zero attached hydrogens (tertiary/aromatic N) is 3. The second-order valence-electron chi connectivity index (χ2n) is 5.81. The van der Waals surface area contributed by atoms with Crippen molar-refractivity contribution in [3.8, 4) is 0 Å². The van der Waals surface area contributed by atoms with Crippen molar-refractivity contribution >= 4 is 10.0 Å². The molecule has 0 amide bonds. The molecule has 0 unspecified atom stereocenters. The summed E-state index contributed by atoms with van der Waals surface area (Å²) in [5, 5.41) is 0. The van der Waals surface area contributed by atoms with Crippen LogP contribution in [0.15, 0.2) is 53.7 Å². The van der Waals surface area contributed by atoms with E-state index in [1.54, 1.807) is 12.4 Å². The van der Waals surface area contributed by atoms with Crippen LogP contribution in [0.1, 0.15) is 5.56 Å². The zero-order chi connectivity index (χ0) is 17.0. The van der Waals surface area contributed by atoms with Gasteiger partial charge >= 0.3 is 0 Å². The van der Waals surface area contributed by atoms with Gasteiger partial charge in [0.2, 0.25) is 10.0 Å². The summed E-state index contributed by atoms with van der Waals surface area (Å²) in [5.74, 6) is -0.435. The van der Waals surface area contributed by atoms with Gasteiger partial charge in [-0.15, -0.1) is 0 Å². The highest BCUT2D eigenvalue weighted by atomic mass is 32.2. The van der Waals surface area contributed by atoms with Gasteiger partial charge in [-0.1, -0.05) is 0 Å². The molecule has 1 aliphatic heterocycles. The zero-order valence-corrected chi connectivity index (χ0v) is 14.1. The molecule has 24 heavy (non-hydrogen) atoms. The predicted molar refractivity (Wildman–Crippen MR) is 89.5 cm³/mol. The molecule has 0 aliphatic carbocycles. The number of sulfonamides is 1. The van der Waals surface area contributed by atoms with Crippen LogP contribution in [0.4, 0.5) is 4.39 Å². The molecule has 1 aromatic carbocycles. The summed E-state index contributed by atoms with van der Waals surface area (Å²) >= 11 is 0. The first-order valence-electron chi connectivity index (χ1n) is 7.93. The highest BCUT2D eigenvalue weighted by molar-refractivity contribution is 7.89. The van der Waals surface area contributed by atoms with E-state index in [4.69, 9.17) is 0 Å². The van der Waals surface area contributed by atoms with Crippen LogP contribution in [0, 0.1) is 5.82 Å². The maximum atomic E-state index is 13.0. The molecule has 1 saturated heterocycles. The third-order valence-corrected chi connectivity index (χ3v) is 6.16. The number of halogens is 1. The van der Waals surface area contributed by atoms with Gasteiger partial charge in [0.1, 0.15) is 5.82 Å². The minimum Gasteiger partial charge on any atom is -0.300 e. The Bertz CT molecular complexity index is 758. The van der Waals surface area contributed by atoms with Crippen molar-refractivity contribution in [1.29, 1.82) is 0 Å². The topological polar surface area (TPSA) is 53.5 Å². The Kier molecular flexibility index (Phi) is 5.23. The highest BCUT2D eigenvalue weighted by Gasteiger charge is 2.28. The largest absolute Gasteiger partial charge is 0.300 e. The molecule has 1 fully saturated rings. The molecule has 2 aromatic rings. The molecular weight excluding hydrogens is 329 g/mol. The summed E-state index contributed by atoms with van der Waals surface area (Å²) in [7, 11) is -3.54. The predicted octanol–water partition coefficient (Wildman–Crippen LogP) is 1.77. The van der Waals surface area contributed by atoms with Crippen molar-refractivity contribution < 1.29 is 12.8 Å². The SMILES string of the molecule is O=S(=O)(c1ccc(F)cc1)N1CCN(CCc2ccncc2)CC1. The van der Waals surface area contributed by atoms with E-state index in [0.717, 1.165) is 13.0 Å². The summed E-state index contributed by atoms with van der Waals surface area (Å²) in [5.41, 5.74) is 1.23. The number of hydrogen-bond acceptors (Lipinski definition) is 4. The molecule has 7 heteroatoms. The lowest BCUT2D eigenvalue weighted by Crippen LogP contribution is -2.48. The van der Waals surface area contributed by atoms with Gasteiger partial charge < -0.3 is 4.90 Å². The van der Waals surface area contributed by atoms with Crippen LogP contribution in [0.5, 0.6) is 0 Å². The smallest absolute Gasteiger partial charge is 0.243 e. The monoisotopic (exact) mass is 349 g/mol. The van der Waals surface area contributed by atoms with Crippen LogP contribution < -0.4 is 0 Å². The van der Waals surface area contributed by atoms with Crippen LogP contribution in [-0.2, 0) is 16.4 Å². The molecule has 128 valence electrons. The minimum absolute atomic E-state index is 0.147. The van der Waals surface area contributed by atoms with E-state index in [1.807, 2.05) is 12.1 Å². The molecule has 5 nitrogen and oxygen atoms in total. The van der Waals surface area contributed by atoms with E-state index in [2.05, 4.69) is 9.88 Å². The van der Waals surface area contributed by atoms with Crippen LogP contribution in [0.2, 0.25) is 0 Å². The molecule has 0 spiro atoms. The standard InChI is InChI=1S/C17H20FN3O2S/c18-16-1-3-17(4-2-16)24(22,23)21-13-11-20(12-14-21)10-7-15-5-8-19-9-6-15/h1-6,8-9H,7,10-14H2. The lowest BCUT2D eigenvalue weighted by Gasteiger charge is -2.34. The van der Waals surface area contributed by atoms with Crippen molar-refractivity contribution in [3.05, 3.63) is 60.2 Å². The molecule has 1 aromatic heterocycles. The number of pyridine rings is 1. The molecule has 0 saturated carbocycles. The van der Waals surface area contributed by atoms with Crippen LogP contribution in [0.3, 0.4) is 0 Å². The van der Waals surface area contributed by atoms with E-state index >= 15 is 0 Å². The highest BCUT2D eigenvalue weighted by Crippen LogP contribution is 2.18. The van der Waals surface area contributed by atoms with Gasteiger partial charge in [0, 0.05) is 45.1 Å². The molecule has 2 heterocycles. The van der Waals surface area contributed by atoms with E-state index in [-0.39, 0.29) is 4.90 Å². The van der Waals surface area contributed by atoms with E-state index < -0.39 is 15.8 Å². The van der Waals surface area contributed by atoms with Crippen LogP contribution >= 0.6 is 0 Å². The van der Waals surface area contributed by atoms with Crippen molar-refractivity contribution in [2.24, 2.45) is 0 Å². The fourth-order valence-corrected chi connectivity index (χ4v) is 4.21. The lowest BCUT2D eigenvalue weighted by atomic mass is 10.2. The van der Waals surface area contributed by atoms with Crippen molar-refractivity contribution in [2.75, 3.05) is 32.7 Å². The maximum absolute atomic E-state index is 13.0. The number of aromatic nitrogens is 1. The van der Waals surface area contributed by atoms with Gasteiger partial charge in [0.15, 0.2) is 0 Å². The third kappa shape index (κ3) is 3.98. The molecule has 1 aliphatic rings. The quantitative estimate of drug-likeness (QED) is 0.826. The first-order valence-corrected chi connectivity index (χ1v) is 9.37. The Balaban J connectivity index is 1.55. The second kappa shape index (κ2) is 7.38. The molecule has 0 radical (unpaired) electrons. The first kappa shape index (κ1) is 17.0. The Morgan fingerprint density at radius 3 is 2.21 bits per heavy atom. The molecular formula is C17H20FN3O2S. The summed E-state index contributed by atoms with van der Waals surface area (Å²) in [6.45, 7) is 3.21. The molecule has 0 N–H and O–H groups in total. The number of piperazine rings is 1. The fraction of sp³-hybridized carbons (Fsp3) is 0.353. The zero-order valence-electron chi connectivity index (χ0n) is 13.3. The Morgan fingerprint density at radius 1 is 0.958 bits per heavy atom. The summed E-state index contributed by atoms with van der Waals surface area (Å²) in [6, 6.07) is 8.99. The van der Waals surface area contributed by atoms with E-state index in [0.29, 0.717) is 26.2 Å². The van der Waals surface area contributed by atoms with Crippen molar-refractivity contribution in [3.63, 3.8) is 0 Å². The second-order valence-corrected chi connectivity index (χ2v) is 7.74. The van der Waals surface area contributed by atoms with E-state index in [1.165, 1.54) is 34.1 Å². The Morgan fingerprint density at radius 2 is 1.58 bits per heavy atom. The Labute approximate surface area is 141 Å². The van der Waals surface area contributed by atoms with Gasteiger partial charge in [-0.25, -0.2) is 12.8 Å². The average molecular weight is 349 g/mol. The number of benzene rings is 1. The minimum atomic E-state index is -3.54. The van der Waals surface area contributed by atoms with Crippen molar-refractivity contribution in [1.82, 2.24) is 14.2 Å². The van der Waals surface area contributed by atoms with Crippen LogP contribution in [-0.4, -0.2) is 55.3 Å². The lowest BCUT2D eigenvalue weighted by molar-refractivity contribution is 0.190. The van der Waals surface area contributed by atoms with Crippen LogP contribution in [0.25, 0.3) is 0 Å². The van der Waals surface area contributed by atoms with Gasteiger partial charge in [-0.05, 0) is 48.4 Å². The third-order valence-electron chi connectivity index (χ3n) is 4.25. The van der Waals surface area contributed by atoms with Gasteiger partial charge in [-0.2, -0.15) is 4.31 Å². The molecule has 0 bridgehead atoms.